The van der Waals surface area contributed by atoms with Crippen molar-refractivity contribution in [1.82, 2.24) is 13.5 Å². The van der Waals surface area contributed by atoms with E-state index >= 15 is 0 Å². The van der Waals surface area contributed by atoms with Crippen LogP contribution in [0.4, 0.5) is 0 Å². The lowest BCUT2D eigenvalue weighted by molar-refractivity contribution is -0.137. The van der Waals surface area contributed by atoms with Gasteiger partial charge in [0.05, 0.1) is 18.3 Å². The highest BCUT2D eigenvalue weighted by molar-refractivity contribution is 7.89. The molecule has 1 amide bonds. The van der Waals surface area contributed by atoms with E-state index in [1.54, 1.807) is 17.0 Å². The monoisotopic (exact) mass is 445 g/mol. The second-order valence-electron chi connectivity index (χ2n) is 7.34. The zero-order valence-electron chi connectivity index (χ0n) is 16.7. The van der Waals surface area contributed by atoms with Crippen molar-refractivity contribution in [3.05, 3.63) is 24.3 Å². The highest BCUT2D eigenvalue weighted by atomic mass is 32.2. The molecule has 162 valence electrons. The average Bonchev–Trinajstić information content (AvgIpc) is 2.73. The van der Waals surface area contributed by atoms with Crippen LogP contribution in [0.3, 0.4) is 0 Å². The van der Waals surface area contributed by atoms with Crippen LogP contribution in [-0.2, 0) is 24.8 Å². The normalized spacial score (nSPS) is 20.6. The molecule has 0 unspecified atom stereocenters. The Morgan fingerprint density at radius 3 is 1.93 bits per heavy atom. The van der Waals surface area contributed by atoms with Crippen molar-refractivity contribution < 1.29 is 26.4 Å². The predicted molar refractivity (Wildman–Crippen MR) is 107 cm³/mol. The van der Waals surface area contributed by atoms with Crippen molar-refractivity contribution in [2.45, 2.75) is 17.7 Å². The van der Waals surface area contributed by atoms with Gasteiger partial charge in [-0.05, 0) is 37.1 Å². The molecule has 2 saturated heterocycles. The minimum absolute atomic E-state index is 0.0142. The Morgan fingerprint density at radius 2 is 1.45 bits per heavy atom. The molecule has 2 heterocycles. The van der Waals surface area contributed by atoms with E-state index in [1.807, 2.05) is 0 Å². The second-order valence-corrected chi connectivity index (χ2v) is 11.3. The lowest BCUT2D eigenvalue weighted by Crippen LogP contribution is -2.52. The minimum Gasteiger partial charge on any atom is -0.497 e. The van der Waals surface area contributed by atoms with Crippen LogP contribution in [0.5, 0.6) is 5.75 Å². The quantitative estimate of drug-likeness (QED) is 0.641. The van der Waals surface area contributed by atoms with Crippen LogP contribution >= 0.6 is 0 Å². The summed E-state index contributed by atoms with van der Waals surface area (Å²) in [7, 11) is -5.33. The molecule has 0 spiro atoms. The van der Waals surface area contributed by atoms with Crippen molar-refractivity contribution in [3.63, 3.8) is 0 Å². The molecule has 0 aromatic heterocycles. The number of methoxy groups -OCH3 is 1. The molecule has 0 radical (unpaired) electrons. The number of piperidine rings is 1. The minimum atomic E-state index is -3.61. The summed E-state index contributed by atoms with van der Waals surface area (Å²) in [6.45, 7) is 1.92. The number of ether oxygens (including phenoxy) is 1. The third-order valence-electron chi connectivity index (χ3n) is 5.52. The van der Waals surface area contributed by atoms with Gasteiger partial charge in [0.2, 0.25) is 26.0 Å². The van der Waals surface area contributed by atoms with E-state index in [9.17, 15) is 21.6 Å². The van der Waals surface area contributed by atoms with Crippen LogP contribution < -0.4 is 4.74 Å². The lowest BCUT2D eigenvalue weighted by atomic mass is 9.96. The van der Waals surface area contributed by atoms with Crippen LogP contribution in [0.15, 0.2) is 29.2 Å². The maximum Gasteiger partial charge on any atom is 0.243 e. The molecule has 0 saturated carbocycles. The Labute approximate surface area is 172 Å². The van der Waals surface area contributed by atoms with Gasteiger partial charge in [-0.15, -0.1) is 0 Å². The molecule has 11 heteroatoms. The molecule has 2 aliphatic heterocycles. The molecule has 9 nitrogen and oxygen atoms in total. The molecule has 0 aliphatic carbocycles. The van der Waals surface area contributed by atoms with E-state index < -0.39 is 20.0 Å². The Morgan fingerprint density at radius 1 is 0.897 bits per heavy atom. The van der Waals surface area contributed by atoms with E-state index in [0.29, 0.717) is 44.8 Å². The fourth-order valence-corrected chi connectivity index (χ4v) is 6.03. The Bertz CT molecular complexity index is 930. The van der Waals surface area contributed by atoms with Crippen molar-refractivity contribution in [2.75, 3.05) is 52.6 Å². The zero-order valence-corrected chi connectivity index (χ0v) is 18.3. The van der Waals surface area contributed by atoms with Crippen molar-refractivity contribution in [3.8, 4) is 5.75 Å². The fraction of sp³-hybridized carbons (Fsp3) is 0.611. The maximum absolute atomic E-state index is 12.8. The first-order valence-electron chi connectivity index (χ1n) is 9.51. The summed E-state index contributed by atoms with van der Waals surface area (Å²) in [5.74, 6) is 0.339. The standard InChI is InChI=1S/C18H27N3O6S2/c1-27-16-3-5-17(6-4-16)29(25,26)21-9-7-15(8-10-21)18(22)19-11-13-20(14-12-19)28(2,23)24/h3-6,15H,7-14H2,1-2H3. The molecule has 3 rings (SSSR count). The van der Waals surface area contributed by atoms with Gasteiger partial charge in [0.15, 0.2) is 0 Å². The number of benzene rings is 1. The van der Waals surface area contributed by atoms with Crippen LogP contribution in [-0.4, -0.2) is 88.9 Å². The number of amides is 1. The first-order valence-corrected chi connectivity index (χ1v) is 12.8. The molecule has 2 fully saturated rings. The van der Waals surface area contributed by atoms with Crippen molar-refractivity contribution in [1.29, 1.82) is 0 Å². The molecule has 0 atom stereocenters. The van der Waals surface area contributed by atoms with Crippen LogP contribution in [0.25, 0.3) is 0 Å². The lowest BCUT2D eigenvalue weighted by Gasteiger charge is -2.37. The SMILES string of the molecule is COc1ccc(S(=O)(=O)N2CCC(C(=O)N3CCN(S(C)(=O)=O)CC3)CC2)cc1. The number of carbonyl (C=O) groups excluding carboxylic acids is 1. The van der Waals surface area contributed by atoms with Gasteiger partial charge >= 0.3 is 0 Å². The van der Waals surface area contributed by atoms with E-state index in [4.69, 9.17) is 4.74 Å². The summed E-state index contributed by atoms with van der Waals surface area (Å²) in [4.78, 5) is 14.7. The molecule has 0 N–H and O–H groups in total. The highest BCUT2D eigenvalue weighted by Gasteiger charge is 2.35. The van der Waals surface area contributed by atoms with Gasteiger partial charge < -0.3 is 9.64 Å². The number of carbonyl (C=O) groups is 1. The maximum atomic E-state index is 12.8. The van der Waals surface area contributed by atoms with E-state index in [0.717, 1.165) is 0 Å². The Kier molecular flexibility index (Phi) is 6.51. The van der Waals surface area contributed by atoms with Gasteiger partial charge in [-0.25, -0.2) is 16.8 Å². The Hall–Kier alpha value is -1.69. The molecule has 0 bridgehead atoms. The van der Waals surface area contributed by atoms with Gasteiger partial charge in [-0.3, -0.25) is 4.79 Å². The zero-order chi connectivity index (χ0) is 21.2. The number of piperazine rings is 1. The van der Waals surface area contributed by atoms with E-state index in [-0.39, 0.29) is 29.8 Å². The first kappa shape index (κ1) is 22.0. The molecular weight excluding hydrogens is 418 g/mol. The number of rotatable bonds is 5. The van der Waals surface area contributed by atoms with Crippen LogP contribution in [0.1, 0.15) is 12.8 Å². The van der Waals surface area contributed by atoms with E-state index in [2.05, 4.69) is 0 Å². The summed E-state index contributed by atoms with van der Waals surface area (Å²) in [5, 5.41) is 0. The number of hydrogen-bond acceptors (Lipinski definition) is 6. The number of sulfonamides is 2. The highest BCUT2D eigenvalue weighted by Crippen LogP contribution is 2.26. The van der Waals surface area contributed by atoms with Gasteiger partial charge in [0.25, 0.3) is 0 Å². The number of nitrogens with zero attached hydrogens (tertiary/aromatic N) is 3. The van der Waals surface area contributed by atoms with E-state index in [1.165, 1.54) is 34.1 Å². The van der Waals surface area contributed by atoms with Crippen LogP contribution in [0.2, 0.25) is 0 Å². The fourth-order valence-electron chi connectivity index (χ4n) is 3.74. The third kappa shape index (κ3) is 4.90. The van der Waals surface area contributed by atoms with Gasteiger partial charge in [0, 0.05) is 45.2 Å². The third-order valence-corrected chi connectivity index (χ3v) is 8.74. The van der Waals surface area contributed by atoms with Gasteiger partial charge in [-0.2, -0.15) is 8.61 Å². The average molecular weight is 446 g/mol. The van der Waals surface area contributed by atoms with Gasteiger partial charge in [0.1, 0.15) is 5.75 Å². The van der Waals surface area contributed by atoms with Crippen molar-refractivity contribution in [2.24, 2.45) is 5.92 Å². The predicted octanol–water partition coefficient (Wildman–Crippen LogP) is 0.200. The molecule has 29 heavy (non-hydrogen) atoms. The summed E-state index contributed by atoms with van der Waals surface area (Å²) in [6.07, 6.45) is 2.09. The summed E-state index contributed by atoms with van der Waals surface area (Å²) < 4.78 is 56.7. The summed E-state index contributed by atoms with van der Waals surface area (Å²) >= 11 is 0. The molecule has 2 aliphatic rings. The summed E-state index contributed by atoms with van der Waals surface area (Å²) in [5.41, 5.74) is 0. The largest absolute Gasteiger partial charge is 0.497 e. The van der Waals surface area contributed by atoms with Crippen molar-refractivity contribution >= 4 is 26.0 Å². The molecule has 1 aromatic carbocycles. The number of hydrogen-bond donors (Lipinski definition) is 0. The molecule has 1 aromatic rings. The smallest absolute Gasteiger partial charge is 0.243 e. The Balaban J connectivity index is 1.56. The summed E-state index contributed by atoms with van der Waals surface area (Å²) in [6, 6.07) is 6.26. The molecular formula is C18H27N3O6S2. The van der Waals surface area contributed by atoms with Crippen LogP contribution in [0, 0.1) is 5.92 Å². The topological polar surface area (TPSA) is 104 Å². The van der Waals surface area contributed by atoms with Gasteiger partial charge in [-0.1, -0.05) is 0 Å². The first-order chi connectivity index (χ1) is 13.6. The second kappa shape index (κ2) is 8.58.